The summed E-state index contributed by atoms with van der Waals surface area (Å²) in [5.74, 6) is 0.250. The van der Waals surface area contributed by atoms with Gasteiger partial charge < -0.3 is 4.90 Å². The van der Waals surface area contributed by atoms with E-state index in [1.807, 2.05) is 43.3 Å². The first kappa shape index (κ1) is 25.1. The summed E-state index contributed by atoms with van der Waals surface area (Å²) in [6.45, 7) is 1.59. The van der Waals surface area contributed by atoms with Crippen molar-refractivity contribution in [2.24, 2.45) is 0 Å². The molecule has 24 heavy (non-hydrogen) atoms. The molecule has 0 aliphatic heterocycles. The molecule has 3 nitrogen and oxygen atoms in total. The van der Waals surface area contributed by atoms with Crippen LogP contribution in [0.15, 0.2) is 56.7 Å². The molecule has 0 aromatic heterocycles. The number of nitrogens with zero attached hydrogens (tertiary/aromatic N) is 1. The van der Waals surface area contributed by atoms with Gasteiger partial charge in [0.1, 0.15) is 0 Å². The number of ketones is 2. The molecule has 0 heterocycles. The number of allylic oxidation sites excluding steroid dienone is 9. The van der Waals surface area contributed by atoms with Gasteiger partial charge >= 0.3 is 0 Å². The number of carbonyl (C=O) groups excluding carboxylic acids is 2. The number of halogens is 2. The molecule has 0 aromatic carbocycles. The molecule has 0 saturated carbocycles. The lowest BCUT2D eigenvalue weighted by Crippen LogP contribution is -2.03. The summed E-state index contributed by atoms with van der Waals surface area (Å²) in [5, 5.41) is 0. The first-order valence-corrected chi connectivity index (χ1v) is 8.40. The minimum Gasteiger partial charge on any atom is -0.383 e. The summed E-state index contributed by atoms with van der Waals surface area (Å²) < 4.78 is 2.02. The lowest BCUT2D eigenvalue weighted by Gasteiger charge is -2.02. The quantitative estimate of drug-likeness (QED) is 0.456. The van der Waals surface area contributed by atoms with Crippen LogP contribution in [0, 0.1) is 0 Å². The molecule has 0 bridgehead atoms. The maximum Gasteiger partial charge on any atom is 0.183 e. The maximum atomic E-state index is 11.5. The smallest absolute Gasteiger partial charge is 0.183 e. The zero-order valence-corrected chi connectivity index (χ0v) is 16.6. The van der Waals surface area contributed by atoms with Gasteiger partial charge in [0.2, 0.25) is 0 Å². The van der Waals surface area contributed by atoms with Crippen LogP contribution < -0.4 is 0 Å². The van der Waals surface area contributed by atoms with Crippen molar-refractivity contribution in [1.82, 2.24) is 4.90 Å². The van der Waals surface area contributed by atoms with Crippen LogP contribution in [0.5, 0.6) is 0 Å². The third kappa shape index (κ3) is 9.23. The molecule has 2 aliphatic carbocycles. The summed E-state index contributed by atoms with van der Waals surface area (Å²) in [6, 6.07) is 0. The second kappa shape index (κ2) is 12.3. The lowest BCUT2D eigenvalue weighted by molar-refractivity contribution is -0.113. The van der Waals surface area contributed by atoms with E-state index in [2.05, 4.69) is 31.9 Å². The number of hydrogen-bond donors (Lipinski definition) is 0. The molecule has 0 N–H and O–H groups in total. The molecule has 2 aliphatic rings. The molecule has 2 rings (SSSR count). The molecule has 0 unspecified atom stereocenters. The number of rotatable bonds is 4. The first-order chi connectivity index (χ1) is 10.3. The van der Waals surface area contributed by atoms with E-state index in [1.54, 1.807) is 19.2 Å². The van der Waals surface area contributed by atoms with Gasteiger partial charge in [-0.05, 0) is 37.5 Å². The highest BCUT2D eigenvalue weighted by Crippen LogP contribution is 2.23. The third-order valence-electron chi connectivity index (χ3n) is 2.95. The fraction of sp³-hybridized carbons (Fsp3) is 0.333. The Bertz CT molecular complexity index is 615. The Morgan fingerprint density at radius 3 is 1.79 bits per heavy atom. The summed E-state index contributed by atoms with van der Waals surface area (Å²) in [6.07, 6.45) is 12.6. The highest BCUT2D eigenvalue weighted by molar-refractivity contribution is 9.12. The van der Waals surface area contributed by atoms with Crippen molar-refractivity contribution in [2.75, 3.05) is 14.1 Å². The van der Waals surface area contributed by atoms with Crippen LogP contribution >= 0.6 is 31.9 Å². The van der Waals surface area contributed by atoms with E-state index in [0.29, 0.717) is 0 Å². The largest absolute Gasteiger partial charge is 0.383 e. The van der Waals surface area contributed by atoms with Gasteiger partial charge in [-0.1, -0.05) is 51.4 Å². The predicted molar refractivity (Wildman–Crippen MR) is 110 cm³/mol. The summed E-state index contributed by atoms with van der Waals surface area (Å²) in [4.78, 5) is 24.0. The van der Waals surface area contributed by atoms with Gasteiger partial charge in [0.25, 0.3) is 0 Å². The molecule has 0 spiro atoms. The maximum absolute atomic E-state index is 11.5. The SMILES string of the molecule is C.CC(=O)C1=CC(Br)=CC1.CN(C)/C=C/C(=O)C1=CC(Br)=CC1.[B]. The predicted octanol–water partition coefficient (Wildman–Crippen LogP) is 4.68. The zero-order valence-electron chi connectivity index (χ0n) is 13.5. The lowest BCUT2D eigenvalue weighted by atomic mass is 10.1. The normalized spacial score (nSPS) is 15.0. The van der Waals surface area contributed by atoms with Gasteiger partial charge in [-0.3, -0.25) is 9.59 Å². The van der Waals surface area contributed by atoms with Crippen molar-refractivity contribution >= 4 is 51.8 Å². The van der Waals surface area contributed by atoms with Gasteiger partial charge in [0, 0.05) is 49.3 Å². The molecule has 0 saturated heterocycles. The topological polar surface area (TPSA) is 37.4 Å². The average Bonchev–Trinajstić information content (AvgIpc) is 3.05. The van der Waals surface area contributed by atoms with Crippen molar-refractivity contribution in [2.45, 2.75) is 27.2 Å². The van der Waals surface area contributed by atoms with Crippen LogP contribution in [-0.2, 0) is 9.59 Å². The highest BCUT2D eigenvalue weighted by Gasteiger charge is 2.10. The Hall–Kier alpha value is -1.14. The van der Waals surface area contributed by atoms with Crippen LogP contribution in [0.4, 0.5) is 0 Å². The molecular formula is C18H23BBr2NO2. The minimum atomic E-state index is 0. The molecule has 0 amide bonds. The van der Waals surface area contributed by atoms with E-state index in [4.69, 9.17) is 0 Å². The average molecular weight is 456 g/mol. The number of carbonyl (C=O) groups is 2. The number of hydrogen-bond acceptors (Lipinski definition) is 3. The summed E-state index contributed by atoms with van der Waals surface area (Å²) in [7, 11) is 3.78. The van der Waals surface area contributed by atoms with E-state index in [1.165, 1.54) is 0 Å². The molecule has 6 heteroatoms. The Morgan fingerprint density at radius 2 is 1.50 bits per heavy atom. The highest BCUT2D eigenvalue weighted by atomic mass is 79.9. The van der Waals surface area contributed by atoms with E-state index >= 15 is 0 Å². The Morgan fingerprint density at radius 1 is 1.04 bits per heavy atom. The van der Waals surface area contributed by atoms with Crippen LogP contribution in [0.1, 0.15) is 27.2 Å². The third-order valence-corrected chi connectivity index (χ3v) is 4.06. The van der Waals surface area contributed by atoms with Crippen molar-refractivity contribution in [3.8, 4) is 0 Å². The van der Waals surface area contributed by atoms with E-state index in [0.717, 1.165) is 33.0 Å². The second-order valence-corrected chi connectivity index (χ2v) is 6.96. The van der Waals surface area contributed by atoms with E-state index in [9.17, 15) is 9.59 Å². The van der Waals surface area contributed by atoms with Gasteiger partial charge in [0.05, 0.1) is 0 Å². The standard InChI is InChI=1S/C10H12BrNO.C7H7BrO.CH4.B/c1-12(2)6-5-10(13)8-3-4-9(11)7-8;1-5(9)6-2-3-7(8)4-6;;/h4-7H,3H2,1-2H3;3-4H,2H2,1H3;1H4;/b6-5+;;;. The van der Waals surface area contributed by atoms with E-state index < -0.39 is 0 Å². The van der Waals surface area contributed by atoms with Gasteiger partial charge in [-0.25, -0.2) is 0 Å². The van der Waals surface area contributed by atoms with E-state index in [-0.39, 0.29) is 27.4 Å². The van der Waals surface area contributed by atoms with Gasteiger partial charge in [0.15, 0.2) is 11.6 Å². The van der Waals surface area contributed by atoms with Crippen LogP contribution in [-0.4, -0.2) is 39.0 Å². The van der Waals surface area contributed by atoms with Crippen LogP contribution in [0.2, 0.25) is 0 Å². The summed E-state index contributed by atoms with van der Waals surface area (Å²) in [5.41, 5.74) is 1.73. The van der Waals surface area contributed by atoms with Crippen molar-refractivity contribution in [3.05, 3.63) is 56.7 Å². The number of Topliss-reactive ketones (excluding diaryl/α,β-unsaturated/α-hetero) is 1. The molecule has 0 fully saturated rings. The monoisotopic (exact) mass is 454 g/mol. The van der Waals surface area contributed by atoms with Crippen LogP contribution in [0.3, 0.4) is 0 Å². The fourth-order valence-electron chi connectivity index (χ4n) is 1.72. The van der Waals surface area contributed by atoms with Crippen LogP contribution in [0.25, 0.3) is 0 Å². The summed E-state index contributed by atoms with van der Waals surface area (Å²) >= 11 is 6.60. The fourth-order valence-corrected chi connectivity index (χ4v) is 2.60. The van der Waals surface area contributed by atoms with Crippen molar-refractivity contribution in [3.63, 3.8) is 0 Å². The molecule has 0 aromatic rings. The van der Waals surface area contributed by atoms with Gasteiger partial charge in [-0.2, -0.15) is 0 Å². The Balaban J connectivity index is 0. The Labute approximate surface area is 164 Å². The molecule has 3 radical (unpaired) electrons. The zero-order chi connectivity index (χ0) is 16.7. The minimum absolute atomic E-state index is 0. The van der Waals surface area contributed by atoms with Crippen molar-refractivity contribution in [1.29, 1.82) is 0 Å². The van der Waals surface area contributed by atoms with Gasteiger partial charge in [-0.15, -0.1) is 0 Å². The first-order valence-electron chi connectivity index (χ1n) is 6.82. The molecule has 129 valence electrons. The second-order valence-electron chi connectivity index (χ2n) is 5.13. The molecular weight excluding hydrogens is 433 g/mol. The molecule has 0 atom stereocenters. The van der Waals surface area contributed by atoms with Crippen molar-refractivity contribution < 1.29 is 9.59 Å². The Kier molecular flexibility index (Phi) is 12.8.